The molecule has 1 rings (SSSR count). The summed E-state index contributed by atoms with van der Waals surface area (Å²) in [5, 5.41) is 7.13. The summed E-state index contributed by atoms with van der Waals surface area (Å²) in [7, 11) is 0. The number of nitrogens with one attached hydrogen (secondary N) is 1. The molecule has 0 aliphatic heterocycles. The number of H-pyrrole nitrogens is 1. The molecule has 0 aliphatic rings. The molecular weight excluding hydrogens is 218 g/mol. The number of aromatic nitrogens is 3. The van der Waals surface area contributed by atoms with E-state index < -0.39 is 0 Å². The largest absolute Gasteiger partial charge is 0.301 e. The summed E-state index contributed by atoms with van der Waals surface area (Å²) in [6.45, 7) is 6.59. The molecule has 1 aromatic heterocycles. The van der Waals surface area contributed by atoms with Crippen LogP contribution in [0.15, 0.2) is 0 Å². The van der Waals surface area contributed by atoms with Crippen molar-refractivity contribution in [1.29, 1.82) is 0 Å². The second kappa shape index (κ2) is 6.84. The van der Waals surface area contributed by atoms with E-state index in [0.29, 0.717) is 6.04 Å². The fraction of sp³-hybridized carbons (Fsp3) is 0.833. The lowest BCUT2D eigenvalue weighted by Gasteiger charge is -2.14. The monoisotopic (exact) mass is 241 g/mol. The molecule has 0 saturated heterocycles. The smallest absolute Gasteiger partial charge is 0.195 e. The average Bonchev–Trinajstić information content (AvgIpc) is 2.65. The van der Waals surface area contributed by atoms with Crippen LogP contribution < -0.4 is 0 Å². The van der Waals surface area contributed by atoms with Crippen molar-refractivity contribution < 1.29 is 0 Å². The van der Waals surface area contributed by atoms with Crippen molar-refractivity contribution in [2.75, 3.05) is 0 Å². The number of unbranched alkanes of at least 4 members (excludes halogenated alkanes) is 3. The molecule has 1 heterocycles. The van der Waals surface area contributed by atoms with Gasteiger partial charge in [-0.1, -0.05) is 39.5 Å². The van der Waals surface area contributed by atoms with Crippen LogP contribution in [0.2, 0.25) is 0 Å². The molecule has 3 nitrogen and oxygen atoms in total. The summed E-state index contributed by atoms with van der Waals surface area (Å²) in [5.41, 5.74) is 0. The zero-order valence-electron chi connectivity index (χ0n) is 10.6. The average molecular weight is 241 g/mol. The van der Waals surface area contributed by atoms with Crippen LogP contribution in [0.1, 0.15) is 64.7 Å². The first kappa shape index (κ1) is 13.4. The number of aromatic amines is 1. The van der Waals surface area contributed by atoms with Gasteiger partial charge in [0.1, 0.15) is 5.82 Å². The number of nitrogens with zero attached hydrogens (tertiary/aromatic N) is 2. The molecule has 1 N–H and O–H groups in total. The predicted octanol–water partition coefficient (Wildman–Crippen LogP) is 4.03. The molecule has 0 aliphatic carbocycles. The van der Waals surface area contributed by atoms with Crippen molar-refractivity contribution in [2.45, 2.75) is 65.3 Å². The lowest BCUT2D eigenvalue weighted by Crippen LogP contribution is -2.09. The SMILES string of the molecule is CCCCCCC(C)n1c(CC)n[nH]c1=S. The van der Waals surface area contributed by atoms with Crippen molar-refractivity contribution in [1.82, 2.24) is 14.8 Å². The van der Waals surface area contributed by atoms with Crippen LogP contribution in [0.4, 0.5) is 0 Å². The minimum Gasteiger partial charge on any atom is -0.301 e. The van der Waals surface area contributed by atoms with E-state index in [1.165, 1.54) is 32.1 Å². The Labute approximate surface area is 103 Å². The molecule has 1 aromatic rings. The highest BCUT2D eigenvalue weighted by Crippen LogP contribution is 2.17. The second-order valence-corrected chi connectivity index (χ2v) is 4.75. The molecule has 0 aromatic carbocycles. The van der Waals surface area contributed by atoms with E-state index in [0.717, 1.165) is 17.0 Å². The van der Waals surface area contributed by atoms with Crippen molar-refractivity contribution in [2.24, 2.45) is 0 Å². The molecule has 0 radical (unpaired) electrons. The number of hydrogen-bond donors (Lipinski definition) is 1. The zero-order valence-corrected chi connectivity index (χ0v) is 11.4. The standard InChI is InChI=1S/C12H23N3S/c1-4-6-7-8-9-10(3)15-11(5-2)13-14-12(15)16/h10H,4-9H2,1-3H3,(H,14,16). The Bertz CT molecular complexity index is 353. The van der Waals surface area contributed by atoms with E-state index >= 15 is 0 Å². The summed E-state index contributed by atoms with van der Waals surface area (Å²) < 4.78 is 2.93. The van der Waals surface area contributed by atoms with Gasteiger partial charge in [0.25, 0.3) is 0 Å². The van der Waals surface area contributed by atoms with Crippen LogP contribution in [0.5, 0.6) is 0 Å². The molecule has 1 unspecified atom stereocenters. The van der Waals surface area contributed by atoms with Crippen LogP contribution in [0.3, 0.4) is 0 Å². The van der Waals surface area contributed by atoms with Gasteiger partial charge in [0.2, 0.25) is 0 Å². The van der Waals surface area contributed by atoms with Crippen LogP contribution in [0.25, 0.3) is 0 Å². The van der Waals surface area contributed by atoms with Crippen molar-refractivity contribution >= 4 is 12.2 Å². The van der Waals surface area contributed by atoms with Crippen LogP contribution in [-0.4, -0.2) is 14.8 Å². The molecule has 0 spiro atoms. The normalized spacial score (nSPS) is 12.9. The van der Waals surface area contributed by atoms with Gasteiger partial charge in [-0.2, -0.15) is 5.10 Å². The summed E-state index contributed by atoms with van der Waals surface area (Å²) in [5.74, 6) is 1.08. The molecule has 0 saturated carbocycles. The summed E-state index contributed by atoms with van der Waals surface area (Å²) in [6.07, 6.45) is 7.37. The number of rotatable bonds is 7. The quantitative estimate of drug-likeness (QED) is 0.577. The van der Waals surface area contributed by atoms with E-state index in [2.05, 4.69) is 35.5 Å². The first-order chi connectivity index (χ1) is 7.70. The van der Waals surface area contributed by atoms with Gasteiger partial charge >= 0.3 is 0 Å². The Balaban J connectivity index is 2.54. The highest BCUT2D eigenvalue weighted by atomic mass is 32.1. The van der Waals surface area contributed by atoms with Gasteiger partial charge in [-0.25, -0.2) is 0 Å². The van der Waals surface area contributed by atoms with E-state index in [1.807, 2.05) is 0 Å². The van der Waals surface area contributed by atoms with Crippen molar-refractivity contribution in [3.63, 3.8) is 0 Å². The maximum Gasteiger partial charge on any atom is 0.195 e. The summed E-state index contributed by atoms with van der Waals surface area (Å²) in [6, 6.07) is 0.470. The fourth-order valence-electron chi connectivity index (χ4n) is 2.04. The summed E-state index contributed by atoms with van der Waals surface area (Å²) >= 11 is 5.26. The van der Waals surface area contributed by atoms with E-state index in [-0.39, 0.29) is 0 Å². The lowest BCUT2D eigenvalue weighted by atomic mass is 10.1. The third kappa shape index (κ3) is 3.44. The van der Waals surface area contributed by atoms with Gasteiger partial charge in [0, 0.05) is 12.5 Å². The Kier molecular flexibility index (Phi) is 5.74. The van der Waals surface area contributed by atoms with E-state index in [1.54, 1.807) is 0 Å². The fourth-order valence-corrected chi connectivity index (χ4v) is 2.37. The molecule has 0 amide bonds. The van der Waals surface area contributed by atoms with Crippen molar-refractivity contribution in [3.05, 3.63) is 10.6 Å². The Morgan fingerprint density at radius 2 is 2.06 bits per heavy atom. The van der Waals surface area contributed by atoms with Crippen LogP contribution >= 0.6 is 12.2 Å². The van der Waals surface area contributed by atoms with Gasteiger partial charge in [0.05, 0.1) is 0 Å². The number of hydrogen-bond acceptors (Lipinski definition) is 2. The molecule has 16 heavy (non-hydrogen) atoms. The molecule has 0 bridgehead atoms. The van der Waals surface area contributed by atoms with E-state index in [4.69, 9.17) is 12.2 Å². The van der Waals surface area contributed by atoms with Crippen LogP contribution in [0, 0.1) is 4.77 Å². The Morgan fingerprint density at radius 3 is 2.69 bits per heavy atom. The van der Waals surface area contributed by atoms with Gasteiger partial charge in [-0.15, -0.1) is 0 Å². The zero-order chi connectivity index (χ0) is 12.0. The predicted molar refractivity (Wildman–Crippen MR) is 70.3 cm³/mol. The third-order valence-corrected chi connectivity index (χ3v) is 3.30. The van der Waals surface area contributed by atoms with E-state index in [9.17, 15) is 0 Å². The van der Waals surface area contributed by atoms with Gasteiger partial charge in [0.15, 0.2) is 4.77 Å². The first-order valence-corrected chi connectivity index (χ1v) is 6.77. The van der Waals surface area contributed by atoms with Crippen molar-refractivity contribution in [3.8, 4) is 0 Å². The number of aryl methyl sites for hydroxylation is 1. The van der Waals surface area contributed by atoms with Gasteiger partial charge in [-0.3, -0.25) is 5.10 Å². The minimum atomic E-state index is 0.470. The third-order valence-electron chi connectivity index (χ3n) is 3.01. The maximum absolute atomic E-state index is 5.26. The first-order valence-electron chi connectivity index (χ1n) is 6.36. The molecule has 92 valence electrons. The van der Waals surface area contributed by atoms with Gasteiger partial charge in [-0.05, 0) is 25.6 Å². The minimum absolute atomic E-state index is 0.470. The lowest BCUT2D eigenvalue weighted by molar-refractivity contribution is 0.456. The summed E-state index contributed by atoms with van der Waals surface area (Å²) in [4.78, 5) is 0. The Morgan fingerprint density at radius 1 is 1.31 bits per heavy atom. The maximum atomic E-state index is 5.26. The van der Waals surface area contributed by atoms with Gasteiger partial charge < -0.3 is 4.57 Å². The highest BCUT2D eigenvalue weighted by molar-refractivity contribution is 7.71. The van der Waals surface area contributed by atoms with Crippen LogP contribution in [-0.2, 0) is 6.42 Å². The molecule has 0 fully saturated rings. The molecule has 1 atom stereocenters. The second-order valence-electron chi connectivity index (χ2n) is 4.37. The topological polar surface area (TPSA) is 33.6 Å². The molecular formula is C12H23N3S. The highest BCUT2D eigenvalue weighted by Gasteiger charge is 2.10. The molecule has 4 heteroatoms. The Hall–Kier alpha value is -0.640.